The summed E-state index contributed by atoms with van der Waals surface area (Å²) in [6.45, 7) is 3.77. The summed E-state index contributed by atoms with van der Waals surface area (Å²) in [4.78, 5) is 0. The average Bonchev–Trinajstić information content (AvgIpc) is 1.88. The smallest absolute Gasteiger partial charge is 0.273 e. The third kappa shape index (κ3) is 3.18. The maximum atomic E-state index is 10.6. The van der Waals surface area contributed by atoms with Gasteiger partial charge in [-0.25, -0.2) is 0 Å². The first-order valence-electron chi connectivity index (χ1n) is 3.63. The largest absolute Gasteiger partial charge is 0.335 e. The molecule has 5 heteroatoms. The predicted molar refractivity (Wildman–Crippen MR) is 43.7 cm³/mol. The zero-order chi connectivity index (χ0) is 9.07. The maximum Gasteiger partial charge on any atom is 0.335 e. The van der Waals surface area contributed by atoms with Gasteiger partial charge in [-0.05, 0) is 12.8 Å². The zero-order valence-electron chi connectivity index (χ0n) is 7.11. The molecule has 0 saturated heterocycles. The summed E-state index contributed by atoms with van der Waals surface area (Å²) in [7, 11) is -2.61. The van der Waals surface area contributed by atoms with E-state index in [1.54, 1.807) is 0 Å². The van der Waals surface area contributed by atoms with Gasteiger partial charge in [-0.15, -0.1) is 0 Å². The Hall–Kier alpha value is -0.130. The van der Waals surface area contributed by atoms with E-state index in [-0.39, 0.29) is 6.04 Å². The highest BCUT2D eigenvalue weighted by Gasteiger charge is 2.20. The lowest BCUT2D eigenvalue weighted by atomic mass is 10.2. The number of rotatable bonds is 4. The molecule has 0 saturated carbocycles. The Morgan fingerprint density at radius 2 is 1.73 bits per heavy atom. The predicted octanol–water partition coefficient (Wildman–Crippen LogP) is 0.910. The fraction of sp³-hybridized carbons (Fsp3) is 1.00. The first kappa shape index (κ1) is 10.9. The Labute approximate surface area is 68.1 Å². The van der Waals surface area contributed by atoms with Crippen LogP contribution in [0.15, 0.2) is 0 Å². The molecule has 68 valence electrons. The average molecular weight is 181 g/mol. The molecular formula is C6H15NO3S. The van der Waals surface area contributed by atoms with E-state index in [9.17, 15) is 8.42 Å². The summed E-state index contributed by atoms with van der Waals surface area (Å²) >= 11 is 0. The molecule has 0 aliphatic heterocycles. The van der Waals surface area contributed by atoms with Gasteiger partial charge in [0.15, 0.2) is 0 Å². The molecule has 4 nitrogen and oxygen atoms in total. The van der Waals surface area contributed by atoms with Crippen LogP contribution in [0.4, 0.5) is 0 Å². The fourth-order valence-electron chi connectivity index (χ4n) is 0.991. The van der Waals surface area contributed by atoms with E-state index in [1.807, 2.05) is 13.8 Å². The van der Waals surface area contributed by atoms with E-state index in [1.165, 1.54) is 7.05 Å². The number of hydrogen-bond acceptors (Lipinski definition) is 2. The third-order valence-corrected chi connectivity index (χ3v) is 2.85. The molecule has 0 bridgehead atoms. The van der Waals surface area contributed by atoms with Crippen molar-refractivity contribution >= 4 is 10.3 Å². The summed E-state index contributed by atoms with van der Waals surface area (Å²) in [5.41, 5.74) is 0. The van der Waals surface area contributed by atoms with Gasteiger partial charge in [0, 0.05) is 13.1 Å². The van der Waals surface area contributed by atoms with Crippen LogP contribution in [-0.4, -0.2) is 30.4 Å². The maximum absolute atomic E-state index is 10.6. The SMILES string of the molecule is CCC(CC)N(C)S(=O)(=O)O. The van der Waals surface area contributed by atoms with Crippen LogP contribution in [0.5, 0.6) is 0 Å². The molecule has 0 aliphatic carbocycles. The molecule has 0 heterocycles. The van der Waals surface area contributed by atoms with Crippen LogP contribution in [0.25, 0.3) is 0 Å². The van der Waals surface area contributed by atoms with Crippen LogP contribution in [0, 0.1) is 0 Å². The van der Waals surface area contributed by atoms with Crippen LogP contribution < -0.4 is 0 Å². The van der Waals surface area contributed by atoms with Crippen LogP contribution in [0.3, 0.4) is 0 Å². The Morgan fingerprint density at radius 1 is 1.36 bits per heavy atom. The van der Waals surface area contributed by atoms with Crippen LogP contribution in [0.1, 0.15) is 26.7 Å². The van der Waals surface area contributed by atoms with E-state index < -0.39 is 10.3 Å². The van der Waals surface area contributed by atoms with E-state index in [2.05, 4.69) is 0 Å². The Kier molecular flexibility index (Phi) is 3.99. The van der Waals surface area contributed by atoms with Crippen molar-refractivity contribution in [3.8, 4) is 0 Å². The molecule has 0 fully saturated rings. The lowest BCUT2D eigenvalue weighted by molar-refractivity contribution is 0.310. The second-order valence-corrected chi connectivity index (χ2v) is 3.94. The van der Waals surface area contributed by atoms with Gasteiger partial charge in [-0.1, -0.05) is 13.8 Å². The van der Waals surface area contributed by atoms with Crippen molar-refractivity contribution in [1.29, 1.82) is 0 Å². The highest BCUT2D eigenvalue weighted by molar-refractivity contribution is 7.83. The molecule has 0 radical (unpaired) electrons. The lowest BCUT2D eigenvalue weighted by Crippen LogP contribution is -2.35. The molecule has 11 heavy (non-hydrogen) atoms. The number of nitrogens with zero attached hydrogens (tertiary/aromatic N) is 1. The Morgan fingerprint density at radius 3 is 1.82 bits per heavy atom. The highest BCUT2D eigenvalue weighted by atomic mass is 32.2. The first-order valence-corrected chi connectivity index (χ1v) is 5.03. The Bertz CT molecular complexity index is 196. The van der Waals surface area contributed by atoms with Crippen molar-refractivity contribution in [3.63, 3.8) is 0 Å². The van der Waals surface area contributed by atoms with E-state index in [4.69, 9.17) is 4.55 Å². The standard InChI is InChI=1S/C6H15NO3S/c1-4-6(5-2)7(3)11(8,9)10/h6H,4-5H2,1-3H3,(H,8,9,10). The lowest BCUT2D eigenvalue weighted by Gasteiger charge is -2.21. The van der Waals surface area contributed by atoms with Gasteiger partial charge in [-0.3, -0.25) is 4.55 Å². The first-order chi connectivity index (χ1) is 4.93. The summed E-state index contributed by atoms with van der Waals surface area (Å²) in [6.07, 6.45) is 1.43. The summed E-state index contributed by atoms with van der Waals surface area (Å²) in [5, 5.41) is 0. The summed E-state index contributed by atoms with van der Waals surface area (Å²) in [6, 6.07) is -0.0926. The van der Waals surface area contributed by atoms with Gasteiger partial charge in [-0.2, -0.15) is 12.7 Å². The minimum Gasteiger partial charge on any atom is -0.273 e. The monoisotopic (exact) mass is 181 g/mol. The summed E-state index contributed by atoms with van der Waals surface area (Å²) in [5.74, 6) is 0. The van der Waals surface area contributed by atoms with Crippen molar-refractivity contribution < 1.29 is 13.0 Å². The molecule has 0 aliphatic rings. The third-order valence-electron chi connectivity index (χ3n) is 1.82. The van der Waals surface area contributed by atoms with E-state index in [0.717, 1.165) is 4.31 Å². The van der Waals surface area contributed by atoms with E-state index >= 15 is 0 Å². The normalized spacial score (nSPS) is 12.9. The van der Waals surface area contributed by atoms with Crippen molar-refractivity contribution in [2.75, 3.05) is 7.05 Å². The van der Waals surface area contributed by atoms with Crippen LogP contribution in [-0.2, 0) is 10.3 Å². The molecule has 0 aromatic heterocycles. The van der Waals surface area contributed by atoms with Gasteiger partial charge in [0.2, 0.25) is 0 Å². The molecule has 0 aromatic carbocycles. The molecule has 0 spiro atoms. The van der Waals surface area contributed by atoms with Gasteiger partial charge in [0.1, 0.15) is 0 Å². The molecule has 0 atom stereocenters. The summed E-state index contributed by atoms with van der Waals surface area (Å²) < 4.78 is 30.8. The van der Waals surface area contributed by atoms with Gasteiger partial charge >= 0.3 is 10.3 Å². The molecule has 0 rings (SSSR count). The minimum absolute atomic E-state index is 0.0926. The second-order valence-electron chi connectivity index (χ2n) is 2.46. The van der Waals surface area contributed by atoms with Crippen LogP contribution >= 0.6 is 0 Å². The molecule has 0 aromatic rings. The zero-order valence-corrected chi connectivity index (χ0v) is 7.93. The van der Waals surface area contributed by atoms with Gasteiger partial charge in [0.25, 0.3) is 0 Å². The Balaban J connectivity index is 4.33. The quantitative estimate of drug-likeness (QED) is 0.656. The fourth-order valence-corrected chi connectivity index (χ4v) is 1.67. The van der Waals surface area contributed by atoms with Crippen molar-refractivity contribution in [2.24, 2.45) is 0 Å². The highest BCUT2D eigenvalue weighted by Crippen LogP contribution is 2.08. The minimum atomic E-state index is -3.99. The van der Waals surface area contributed by atoms with Crippen LogP contribution in [0.2, 0.25) is 0 Å². The van der Waals surface area contributed by atoms with Gasteiger partial charge < -0.3 is 0 Å². The molecule has 0 unspecified atom stereocenters. The second kappa shape index (κ2) is 4.04. The van der Waals surface area contributed by atoms with Crippen molar-refractivity contribution in [3.05, 3.63) is 0 Å². The van der Waals surface area contributed by atoms with E-state index in [0.29, 0.717) is 12.8 Å². The van der Waals surface area contributed by atoms with Gasteiger partial charge in [0.05, 0.1) is 0 Å². The number of hydrogen-bond donors (Lipinski definition) is 1. The molecular weight excluding hydrogens is 166 g/mol. The topological polar surface area (TPSA) is 57.6 Å². The van der Waals surface area contributed by atoms with Crippen molar-refractivity contribution in [1.82, 2.24) is 4.31 Å². The van der Waals surface area contributed by atoms with Crippen molar-refractivity contribution in [2.45, 2.75) is 32.7 Å². The molecule has 1 N–H and O–H groups in total. The molecule has 0 amide bonds.